The molecule has 4 rings (SSSR count). The highest BCUT2D eigenvalue weighted by molar-refractivity contribution is 6.31. The Kier molecular flexibility index (Phi) is 3.93. The van der Waals surface area contributed by atoms with Crippen LogP contribution >= 0.6 is 11.6 Å². The minimum absolute atomic E-state index is 0.233. The molecular weight excluding hydrogens is 322 g/mol. The van der Waals surface area contributed by atoms with Gasteiger partial charge < -0.3 is 9.80 Å². The molecule has 5 heteroatoms. The maximum atomic E-state index is 13.1. The third-order valence-corrected chi connectivity index (χ3v) is 5.42. The molecule has 1 aliphatic carbocycles. The molecule has 1 saturated heterocycles. The molecule has 0 spiro atoms. The van der Waals surface area contributed by atoms with Crippen LogP contribution in [0.2, 0.25) is 5.02 Å². The molecule has 0 atom stereocenters. The smallest absolute Gasteiger partial charge is 0.233 e. The van der Waals surface area contributed by atoms with E-state index in [1.807, 2.05) is 53.6 Å². The van der Waals surface area contributed by atoms with Crippen LogP contribution in [0.25, 0.3) is 0 Å². The lowest BCUT2D eigenvalue weighted by atomic mass is 9.94. The second-order valence-electron chi connectivity index (χ2n) is 6.53. The lowest BCUT2D eigenvalue weighted by molar-refractivity contribution is -0.134. The van der Waals surface area contributed by atoms with Crippen molar-refractivity contribution < 1.29 is 4.79 Å². The summed E-state index contributed by atoms with van der Waals surface area (Å²) in [6.07, 6.45) is 3.61. The molecule has 1 saturated carbocycles. The van der Waals surface area contributed by atoms with Crippen LogP contribution in [-0.2, 0) is 10.2 Å². The topological polar surface area (TPSA) is 36.4 Å². The normalized spacial score (nSPS) is 19.2. The molecule has 124 valence electrons. The van der Waals surface area contributed by atoms with Crippen LogP contribution in [0.15, 0.2) is 48.7 Å². The van der Waals surface area contributed by atoms with E-state index in [0.717, 1.165) is 50.4 Å². The standard InChI is InChI=1S/C19H20ClN3O/c20-16-6-2-1-5-15(16)19(8-9-19)18(24)23-13-11-22(12-14-23)17-7-3-4-10-21-17/h1-7,10H,8-9,11-14H2. The second-order valence-corrected chi connectivity index (χ2v) is 6.94. The third kappa shape index (κ3) is 2.65. The molecule has 0 N–H and O–H groups in total. The van der Waals surface area contributed by atoms with Crippen molar-refractivity contribution in [3.05, 3.63) is 59.2 Å². The van der Waals surface area contributed by atoms with Crippen LogP contribution in [0.3, 0.4) is 0 Å². The summed E-state index contributed by atoms with van der Waals surface area (Å²) in [5, 5.41) is 0.704. The molecule has 0 unspecified atom stereocenters. The monoisotopic (exact) mass is 341 g/mol. The van der Waals surface area contributed by atoms with Crippen molar-refractivity contribution in [2.45, 2.75) is 18.3 Å². The van der Waals surface area contributed by atoms with E-state index in [1.165, 1.54) is 0 Å². The number of carbonyl (C=O) groups excluding carboxylic acids is 1. The van der Waals surface area contributed by atoms with Gasteiger partial charge in [0, 0.05) is 37.4 Å². The molecule has 2 heterocycles. The highest BCUT2D eigenvalue weighted by Gasteiger charge is 2.54. The number of hydrogen-bond donors (Lipinski definition) is 0. The Labute approximate surface area is 147 Å². The number of carbonyl (C=O) groups is 1. The zero-order valence-corrected chi connectivity index (χ0v) is 14.2. The predicted octanol–water partition coefficient (Wildman–Crippen LogP) is 3.12. The minimum atomic E-state index is -0.383. The zero-order valence-electron chi connectivity index (χ0n) is 13.5. The molecule has 1 aromatic heterocycles. The molecule has 1 aromatic carbocycles. The molecule has 2 aromatic rings. The fraction of sp³-hybridized carbons (Fsp3) is 0.368. The summed E-state index contributed by atoms with van der Waals surface area (Å²) < 4.78 is 0. The van der Waals surface area contributed by atoms with Crippen LogP contribution in [0.1, 0.15) is 18.4 Å². The maximum Gasteiger partial charge on any atom is 0.233 e. The summed E-state index contributed by atoms with van der Waals surface area (Å²) in [5.41, 5.74) is 0.606. The third-order valence-electron chi connectivity index (χ3n) is 5.09. The van der Waals surface area contributed by atoms with Gasteiger partial charge in [-0.15, -0.1) is 0 Å². The Balaban J connectivity index is 1.46. The van der Waals surface area contributed by atoms with Crippen LogP contribution < -0.4 is 4.90 Å². The van der Waals surface area contributed by atoms with E-state index >= 15 is 0 Å². The molecule has 2 fully saturated rings. The van der Waals surface area contributed by atoms with Gasteiger partial charge >= 0.3 is 0 Å². The van der Waals surface area contributed by atoms with Gasteiger partial charge in [-0.05, 0) is 36.6 Å². The highest BCUT2D eigenvalue weighted by Crippen LogP contribution is 2.51. The molecule has 24 heavy (non-hydrogen) atoms. The van der Waals surface area contributed by atoms with Crippen LogP contribution in [0.5, 0.6) is 0 Å². The number of nitrogens with zero attached hydrogens (tertiary/aromatic N) is 3. The zero-order chi connectivity index (χ0) is 16.6. The predicted molar refractivity (Wildman–Crippen MR) is 95.4 cm³/mol. The van der Waals surface area contributed by atoms with Gasteiger partial charge in [-0.1, -0.05) is 35.9 Å². The lowest BCUT2D eigenvalue weighted by Gasteiger charge is -2.37. The van der Waals surface area contributed by atoms with Crippen molar-refractivity contribution in [2.75, 3.05) is 31.1 Å². The van der Waals surface area contributed by atoms with Gasteiger partial charge in [0.05, 0.1) is 5.41 Å². The van der Waals surface area contributed by atoms with Gasteiger partial charge in [-0.3, -0.25) is 4.79 Å². The quantitative estimate of drug-likeness (QED) is 0.860. The fourth-order valence-electron chi connectivity index (χ4n) is 3.55. The SMILES string of the molecule is O=C(N1CCN(c2ccccn2)CC1)C1(c2ccccc2Cl)CC1. The highest BCUT2D eigenvalue weighted by atomic mass is 35.5. The Morgan fingerprint density at radius 3 is 2.33 bits per heavy atom. The molecule has 4 nitrogen and oxygen atoms in total. The number of benzene rings is 1. The average Bonchev–Trinajstić information content (AvgIpc) is 3.44. The van der Waals surface area contributed by atoms with Crippen molar-refractivity contribution >= 4 is 23.3 Å². The Morgan fingerprint density at radius 1 is 1.00 bits per heavy atom. The van der Waals surface area contributed by atoms with Crippen molar-refractivity contribution in [2.24, 2.45) is 0 Å². The lowest BCUT2D eigenvalue weighted by Crippen LogP contribution is -2.51. The van der Waals surface area contributed by atoms with E-state index in [-0.39, 0.29) is 11.3 Å². The number of amides is 1. The molecule has 1 amide bonds. The Hall–Kier alpha value is -2.07. The van der Waals surface area contributed by atoms with Gasteiger partial charge in [-0.25, -0.2) is 4.98 Å². The summed E-state index contributed by atoms with van der Waals surface area (Å²) >= 11 is 6.35. The molecular formula is C19H20ClN3O. The number of rotatable bonds is 3. The van der Waals surface area contributed by atoms with E-state index in [9.17, 15) is 4.79 Å². The van der Waals surface area contributed by atoms with E-state index in [4.69, 9.17) is 11.6 Å². The summed E-state index contributed by atoms with van der Waals surface area (Å²) in [6, 6.07) is 13.7. The van der Waals surface area contributed by atoms with Crippen LogP contribution in [0, 0.1) is 0 Å². The van der Waals surface area contributed by atoms with E-state index < -0.39 is 0 Å². The minimum Gasteiger partial charge on any atom is -0.353 e. The fourth-order valence-corrected chi connectivity index (χ4v) is 3.87. The van der Waals surface area contributed by atoms with Gasteiger partial charge in [0.2, 0.25) is 5.91 Å². The van der Waals surface area contributed by atoms with Crippen molar-refractivity contribution in [3.63, 3.8) is 0 Å². The van der Waals surface area contributed by atoms with Crippen LogP contribution in [0.4, 0.5) is 5.82 Å². The number of anilines is 1. The summed E-state index contributed by atoms with van der Waals surface area (Å²) in [5.74, 6) is 1.22. The van der Waals surface area contributed by atoms with Crippen LogP contribution in [-0.4, -0.2) is 42.0 Å². The summed E-state index contributed by atoms with van der Waals surface area (Å²) in [4.78, 5) is 21.7. The van der Waals surface area contributed by atoms with Crippen molar-refractivity contribution in [3.8, 4) is 0 Å². The number of aromatic nitrogens is 1. The van der Waals surface area contributed by atoms with Gasteiger partial charge in [0.1, 0.15) is 5.82 Å². The largest absolute Gasteiger partial charge is 0.353 e. The first-order valence-corrected chi connectivity index (χ1v) is 8.79. The van der Waals surface area contributed by atoms with Gasteiger partial charge in [0.25, 0.3) is 0 Å². The molecule has 2 aliphatic rings. The summed E-state index contributed by atoms with van der Waals surface area (Å²) in [7, 11) is 0. The van der Waals surface area contributed by atoms with E-state index in [2.05, 4.69) is 9.88 Å². The first-order chi connectivity index (χ1) is 11.7. The second kappa shape index (κ2) is 6.10. The maximum absolute atomic E-state index is 13.1. The average molecular weight is 342 g/mol. The number of hydrogen-bond acceptors (Lipinski definition) is 3. The first kappa shape index (κ1) is 15.5. The van der Waals surface area contributed by atoms with Gasteiger partial charge in [0.15, 0.2) is 0 Å². The summed E-state index contributed by atoms with van der Waals surface area (Å²) in [6.45, 7) is 3.12. The Bertz CT molecular complexity index is 737. The number of pyridine rings is 1. The molecule has 1 aliphatic heterocycles. The Morgan fingerprint density at radius 2 is 1.71 bits per heavy atom. The van der Waals surface area contributed by atoms with Crippen molar-refractivity contribution in [1.29, 1.82) is 0 Å². The molecule has 0 bridgehead atoms. The number of piperazine rings is 1. The van der Waals surface area contributed by atoms with Crippen molar-refractivity contribution in [1.82, 2.24) is 9.88 Å². The van der Waals surface area contributed by atoms with Gasteiger partial charge in [-0.2, -0.15) is 0 Å². The number of halogens is 1. The first-order valence-electron chi connectivity index (χ1n) is 8.41. The molecule has 0 radical (unpaired) electrons. The van der Waals surface area contributed by atoms with E-state index in [0.29, 0.717) is 5.02 Å². The van der Waals surface area contributed by atoms with E-state index in [1.54, 1.807) is 0 Å².